The predicted molar refractivity (Wildman–Crippen MR) is 122 cm³/mol. The van der Waals surface area contributed by atoms with Crippen LogP contribution in [0.4, 0.5) is 4.39 Å². The second-order valence-electron chi connectivity index (χ2n) is 8.65. The fourth-order valence-electron chi connectivity index (χ4n) is 4.95. The molecule has 1 heterocycles. The summed E-state index contributed by atoms with van der Waals surface area (Å²) in [5.74, 6) is -1.22. The Bertz CT molecular complexity index is 1170. The van der Waals surface area contributed by atoms with Crippen molar-refractivity contribution in [2.75, 3.05) is 0 Å². The van der Waals surface area contributed by atoms with E-state index < -0.39 is 12.0 Å². The summed E-state index contributed by atoms with van der Waals surface area (Å²) in [6, 6.07) is 11.9. The van der Waals surface area contributed by atoms with E-state index in [2.05, 4.69) is 5.32 Å². The zero-order chi connectivity index (χ0) is 22.8. The monoisotopic (exact) mass is 436 g/mol. The standard InChI is InChI=1S/C26H29FN2O3/c1-3-22(26(31)32)29-23-11-9-18(27)14-20(23)21-15-19(10-12-24(21)29)28-25(30)13-8-17-7-5-4-6-16(17)2/h4-7,9,11,14,19,22H,3,8,10,12-13,15H2,1-2H3,(H,28,30)(H,31,32). The van der Waals surface area contributed by atoms with Crippen molar-refractivity contribution in [1.82, 2.24) is 9.88 Å². The summed E-state index contributed by atoms with van der Waals surface area (Å²) in [5.41, 5.74) is 5.00. The van der Waals surface area contributed by atoms with Gasteiger partial charge in [-0.15, -0.1) is 0 Å². The number of rotatable bonds is 7. The van der Waals surface area contributed by atoms with Crippen LogP contribution in [-0.4, -0.2) is 27.6 Å². The minimum absolute atomic E-state index is 0.00796. The first-order valence-electron chi connectivity index (χ1n) is 11.3. The van der Waals surface area contributed by atoms with Gasteiger partial charge in [-0.25, -0.2) is 9.18 Å². The molecule has 2 N–H and O–H groups in total. The number of carboxylic acids is 1. The lowest BCUT2D eigenvalue weighted by Gasteiger charge is -2.26. The minimum atomic E-state index is -0.886. The molecular formula is C26H29FN2O3. The van der Waals surface area contributed by atoms with Crippen molar-refractivity contribution in [2.24, 2.45) is 0 Å². The second kappa shape index (κ2) is 9.15. The Balaban J connectivity index is 1.55. The Labute approximate surface area is 187 Å². The topological polar surface area (TPSA) is 71.3 Å². The van der Waals surface area contributed by atoms with Gasteiger partial charge in [-0.05, 0) is 73.9 Å². The number of aromatic nitrogens is 1. The van der Waals surface area contributed by atoms with E-state index in [0.717, 1.165) is 28.6 Å². The van der Waals surface area contributed by atoms with Crippen LogP contribution in [-0.2, 0) is 28.9 Å². The van der Waals surface area contributed by atoms with Crippen LogP contribution in [0.15, 0.2) is 42.5 Å². The van der Waals surface area contributed by atoms with Crippen LogP contribution in [0.1, 0.15) is 54.6 Å². The molecule has 1 amide bonds. The van der Waals surface area contributed by atoms with Crippen molar-refractivity contribution in [3.8, 4) is 0 Å². The molecule has 2 aromatic carbocycles. The molecule has 0 spiro atoms. The average molecular weight is 437 g/mol. The molecule has 4 rings (SSSR count). The summed E-state index contributed by atoms with van der Waals surface area (Å²) in [7, 11) is 0. The third kappa shape index (κ3) is 4.27. The highest BCUT2D eigenvalue weighted by Gasteiger charge is 2.30. The number of carboxylic acid groups (broad SMARTS) is 1. The quantitative estimate of drug-likeness (QED) is 0.562. The summed E-state index contributed by atoms with van der Waals surface area (Å²) in [4.78, 5) is 24.5. The van der Waals surface area contributed by atoms with Crippen molar-refractivity contribution in [1.29, 1.82) is 0 Å². The lowest BCUT2D eigenvalue weighted by Crippen LogP contribution is -2.39. The summed E-state index contributed by atoms with van der Waals surface area (Å²) in [6.07, 6.45) is 3.52. The SMILES string of the molecule is CCC(C(=O)O)n1c2c(c3cc(F)ccc31)CC(NC(=O)CCc1ccccc1C)CC2. The second-order valence-corrected chi connectivity index (χ2v) is 8.65. The van der Waals surface area contributed by atoms with Gasteiger partial charge in [-0.2, -0.15) is 0 Å². The summed E-state index contributed by atoms with van der Waals surface area (Å²) in [6.45, 7) is 3.90. The van der Waals surface area contributed by atoms with Crippen molar-refractivity contribution in [2.45, 2.75) is 64.5 Å². The van der Waals surface area contributed by atoms with Gasteiger partial charge in [0.2, 0.25) is 5.91 Å². The van der Waals surface area contributed by atoms with Gasteiger partial charge in [-0.3, -0.25) is 4.79 Å². The van der Waals surface area contributed by atoms with E-state index in [4.69, 9.17) is 0 Å². The van der Waals surface area contributed by atoms with Crippen LogP contribution in [0.5, 0.6) is 0 Å². The van der Waals surface area contributed by atoms with Crippen LogP contribution in [0.3, 0.4) is 0 Å². The first kappa shape index (κ1) is 22.1. The van der Waals surface area contributed by atoms with E-state index in [0.29, 0.717) is 32.1 Å². The van der Waals surface area contributed by atoms with Crippen LogP contribution in [0.2, 0.25) is 0 Å². The van der Waals surface area contributed by atoms with Gasteiger partial charge in [-0.1, -0.05) is 31.2 Å². The maximum Gasteiger partial charge on any atom is 0.326 e. The Kier molecular flexibility index (Phi) is 6.31. The summed E-state index contributed by atoms with van der Waals surface area (Å²) in [5, 5.41) is 13.6. The van der Waals surface area contributed by atoms with Crippen LogP contribution < -0.4 is 5.32 Å². The maximum absolute atomic E-state index is 14.1. The molecule has 1 aliphatic carbocycles. The molecule has 32 heavy (non-hydrogen) atoms. The van der Waals surface area contributed by atoms with Crippen LogP contribution in [0.25, 0.3) is 10.9 Å². The van der Waals surface area contributed by atoms with E-state index in [1.165, 1.54) is 23.3 Å². The lowest BCUT2D eigenvalue weighted by molar-refractivity contribution is -0.141. The highest BCUT2D eigenvalue weighted by atomic mass is 19.1. The molecule has 0 saturated carbocycles. The minimum Gasteiger partial charge on any atom is -0.480 e. The summed E-state index contributed by atoms with van der Waals surface area (Å²) >= 11 is 0. The van der Waals surface area contributed by atoms with Crippen molar-refractivity contribution < 1.29 is 19.1 Å². The number of benzene rings is 2. The number of amides is 1. The number of hydrogen-bond donors (Lipinski definition) is 2. The number of aliphatic carboxylic acids is 1. The van der Waals surface area contributed by atoms with E-state index in [1.807, 2.05) is 42.7 Å². The van der Waals surface area contributed by atoms with Crippen molar-refractivity contribution in [3.05, 3.63) is 70.7 Å². The fraction of sp³-hybridized carbons (Fsp3) is 0.385. The molecule has 168 valence electrons. The van der Waals surface area contributed by atoms with E-state index in [9.17, 15) is 19.1 Å². The number of fused-ring (bicyclic) bond motifs is 3. The number of halogens is 1. The molecule has 1 aromatic heterocycles. The largest absolute Gasteiger partial charge is 0.480 e. The molecule has 2 atom stereocenters. The highest BCUT2D eigenvalue weighted by Crippen LogP contribution is 2.36. The van der Waals surface area contributed by atoms with Gasteiger partial charge in [0.1, 0.15) is 11.9 Å². The van der Waals surface area contributed by atoms with E-state index in [1.54, 1.807) is 6.07 Å². The third-order valence-electron chi connectivity index (χ3n) is 6.59. The highest BCUT2D eigenvalue weighted by molar-refractivity contribution is 5.88. The first-order valence-corrected chi connectivity index (χ1v) is 11.3. The number of carbonyl (C=O) groups excluding carboxylic acids is 1. The molecule has 0 saturated heterocycles. The van der Waals surface area contributed by atoms with Gasteiger partial charge < -0.3 is 15.0 Å². The Morgan fingerprint density at radius 2 is 2.03 bits per heavy atom. The number of hydrogen-bond acceptors (Lipinski definition) is 2. The lowest BCUT2D eigenvalue weighted by atomic mass is 9.91. The molecule has 0 aliphatic heterocycles. The third-order valence-corrected chi connectivity index (χ3v) is 6.59. The van der Waals surface area contributed by atoms with Crippen LogP contribution in [0, 0.1) is 12.7 Å². The number of nitrogens with zero attached hydrogens (tertiary/aromatic N) is 1. The molecule has 0 fully saturated rings. The fourth-order valence-corrected chi connectivity index (χ4v) is 4.95. The van der Waals surface area contributed by atoms with E-state index >= 15 is 0 Å². The molecule has 1 aliphatic rings. The summed E-state index contributed by atoms with van der Waals surface area (Å²) < 4.78 is 15.9. The number of nitrogens with one attached hydrogen (secondary N) is 1. The van der Waals surface area contributed by atoms with Crippen LogP contribution >= 0.6 is 0 Å². The Morgan fingerprint density at radius 3 is 2.75 bits per heavy atom. The smallest absolute Gasteiger partial charge is 0.326 e. The molecule has 6 heteroatoms. The molecule has 2 unspecified atom stereocenters. The van der Waals surface area contributed by atoms with Crippen molar-refractivity contribution in [3.63, 3.8) is 0 Å². The number of aryl methyl sites for hydroxylation is 2. The van der Waals surface area contributed by atoms with Gasteiger partial charge in [0, 0.05) is 29.1 Å². The molecule has 0 bridgehead atoms. The zero-order valence-corrected chi connectivity index (χ0v) is 18.5. The zero-order valence-electron chi connectivity index (χ0n) is 18.5. The normalized spacial score (nSPS) is 16.5. The van der Waals surface area contributed by atoms with E-state index in [-0.39, 0.29) is 17.8 Å². The molecule has 5 nitrogen and oxygen atoms in total. The number of carbonyl (C=O) groups is 2. The Morgan fingerprint density at radius 1 is 1.25 bits per heavy atom. The van der Waals surface area contributed by atoms with Gasteiger partial charge in [0.15, 0.2) is 0 Å². The molecular weight excluding hydrogens is 407 g/mol. The molecule has 3 aromatic rings. The van der Waals surface area contributed by atoms with Gasteiger partial charge >= 0.3 is 5.97 Å². The predicted octanol–water partition coefficient (Wildman–Crippen LogP) is 4.73. The van der Waals surface area contributed by atoms with Gasteiger partial charge in [0.25, 0.3) is 0 Å². The average Bonchev–Trinajstić information content (AvgIpc) is 3.06. The molecule has 0 radical (unpaired) electrons. The van der Waals surface area contributed by atoms with Gasteiger partial charge in [0.05, 0.1) is 0 Å². The Hall–Kier alpha value is -3.15. The maximum atomic E-state index is 14.1. The first-order chi connectivity index (χ1) is 15.4. The van der Waals surface area contributed by atoms with Crippen molar-refractivity contribution >= 4 is 22.8 Å².